The third-order valence-electron chi connectivity index (χ3n) is 2.93. The van der Waals surface area contributed by atoms with E-state index < -0.39 is 0 Å². The van der Waals surface area contributed by atoms with Crippen LogP contribution >= 0.6 is 0 Å². The lowest BCUT2D eigenvalue weighted by Gasteiger charge is -2.15. The summed E-state index contributed by atoms with van der Waals surface area (Å²) >= 11 is 0. The summed E-state index contributed by atoms with van der Waals surface area (Å²) in [7, 11) is 1.85. The van der Waals surface area contributed by atoms with E-state index in [1.807, 2.05) is 20.9 Å². The molecule has 0 radical (unpaired) electrons. The molecule has 112 valence electrons. The van der Waals surface area contributed by atoms with Crippen LogP contribution in [0.5, 0.6) is 0 Å². The van der Waals surface area contributed by atoms with Crippen molar-refractivity contribution >= 4 is 17.5 Å². The predicted molar refractivity (Wildman–Crippen MR) is 82.2 cm³/mol. The Balaban J connectivity index is 2.78. The van der Waals surface area contributed by atoms with Crippen LogP contribution in [0.1, 0.15) is 44.5 Å². The molecule has 0 spiro atoms. The molecule has 0 aliphatic carbocycles. The van der Waals surface area contributed by atoms with Crippen LogP contribution in [-0.2, 0) is 4.79 Å². The van der Waals surface area contributed by atoms with Crippen molar-refractivity contribution in [2.24, 2.45) is 0 Å². The first-order chi connectivity index (χ1) is 9.49. The maximum absolute atomic E-state index is 11.4. The molecule has 20 heavy (non-hydrogen) atoms. The van der Waals surface area contributed by atoms with Gasteiger partial charge in [-0.25, -0.2) is 9.97 Å². The van der Waals surface area contributed by atoms with Gasteiger partial charge in [0.05, 0.1) is 0 Å². The Labute approximate surface area is 120 Å². The highest BCUT2D eigenvalue weighted by Gasteiger charge is 2.12. The van der Waals surface area contributed by atoms with Crippen LogP contribution in [0, 0.1) is 6.92 Å². The summed E-state index contributed by atoms with van der Waals surface area (Å²) in [6.45, 7) is 9.21. The van der Waals surface area contributed by atoms with Crippen LogP contribution < -0.4 is 16.0 Å². The number of rotatable bonds is 7. The van der Waals surface area contributed by atoms with E-state index >= 15 is 0 Å². The number of hydrogen-bond donors (Lipinski definition) is 3. The summed E-state index contributed by atoms with van der Waals surface area (Å²) in [6, 6.07) is 0. The van der Waals surface area contributed by atoms with Gasteiger partial charge in [0.1, 0.15) is 17.5 Å². The first-order valence-electron chi connectivity index (χ1n) is 7.06. The summed E-state index contributed by atoms with van der Waals surface area (Å²) < 4.78 is 0. The minimum Gasteiger partial charge on any atom is -0.373 e. The summed E-state index contributed by atoms with van der Waals surface area (Å²) in [4.78, 5) is 20.4. The Morgan fingerprint density at radius 1 is 1.25 bits per heavy atom. The molecule has 1 rings (SSSR count). The van der Waals surface area contributed by atoms with Gasteiger partial charge in [-0.2, -0.15) is 0 Å². The third-order valence-corrected chi connectivity index (χ3v) is 2.93. The van der Waals surface area contributed by atoms with Crippen molar-refractivity contribution in [3.8, 4) is 0 Å². The molecule has 3 N–H and O–H groups in total. The van der Waals surface area contributed by atoms with Crippen LogP contribution in [0.2, 0.25) is 0 Å². The van der Waals surface area contributed by atoms with Crippen molar-refractivity contribution in [1.82, 2.24) is 15.3 Å². The second-order valence-electron chi connectivity index (χ2n) is 4.94. The Morgan fingerprint density at radius 2 is 1.90 bits per heavy atom. The molecule has 0 atom stereocenters. The van der Waals surface area contributed by atoms with Crippen molar-refractivity contribution in [3.05, 3.63) is 11.4 Å². The quantitative estimate of drug-likeness (QED) is 0.710. The van der Waals surface area contributed by atoms with Gasteiger partial charge < -0.3 is 16.0 Å². The molecule has 0 saturated carbocycles. The SMILES string of the molecule is CCNC(=O)CCNc1nc(C(C)C)nc(NC)c1C. The monoisotopic (exact) mass is 279 g/mol. The number of carbonyl (C=O) groups is 1. The summed E-state index contributed by atoms with van der Waals surface area (Å²) in [5.74, 6) is 2.71. The third kappa shape index (κ3) is 4.36. The van der Waals surface area contributed by atoms with Gasteiger partial charge in [-0.05, 0) is 13.8 Å². The van der Waals surface area contributed by atoms with Crippen molar-refractivity contribution in [3.63, 3.8) is 0 Å². The zero-order chi connectivity index (χ0) is 15.1. The van der Waals surface area contributed by atoms with Crippen molar-refractivity contribution in [1.29, 1.82) is 0 Å². The molecule has 0 aliphatic heterocycles. The molecule has 0 bridgehead atoms. The van der Waals surface area contributed by atoms with Gasteiger partial charge in [-0.3, -0.25) is 4.79 Å². The number of amides is 1. The normalized spacial score (nSPS) is 10.5. The van der Waals surface area contributed by atoms with Crippen LogP contribution in [0.3, 0.4) is 0 Å². The fourth-order valence-electron chi connectivity index (χ4n) is 1.79. The minimum atomic E-state index is 0.0460. The van der Waals surface area contributed by atoms with E-state index in [2.05, 4.69) is 39.8 Å². The molecule has 0 aliphatic rings. The zero-order valence-corrected chi connectivity index (χ0v) is 13.0. The smallest absolute Gasteiger partial charge is 0.221 e. The van der Waals surface area contributed by atoms with E-state index in [0.717, 1.165) is 23.0 Å². The molecule has 1 heterocycles. The molecular formula is C14H25N5O. The Bertz CT molecular complexity index is 459. The number of nitrogens with zero attached hydrogens (tertiary/aromatic N) is 2. The van der Waals surface area contributed by atoms with Crippen molar-refractivity contribution in [2.45, 2.75) is 40.0 Å². The predicted octanol–water partition coefficient (Wildman–Crippen LogP) is 1.89. The van der Waals surface area contributed by atoms with Crippen LogP contribution in [0.4, 0.5) is 11.6 Å². The Morgan fingerprint density at radius 3 is 2.45 bits per heavy atom. The first kappa shape index (κ1) is 16.2. The maximum Gasteiger partial charge on any atom is 0.221 e. The van der Waals surface area contributed by atoms with E-state index in [9.17, 15) is 4.79 Å². The molecule has 0 aromatic carbocycles. The number of aromatic nitrogens is 2. The van der Waals surface area contributed by atoms with Crippen LogP contribution in [0.25, 0.3) is 0 Å². The lowest BCUT2D eigenvalue weighted by atomic mass is 10.2. The van der Waals surface area contributed by atoms with Crippen molar-refractivity contribution < 1.29 is 4.79 Å². The topological polar surface area (TPSA) is 78.9 Å². The number of hydrogen-bond acceptors (Lipinski definition) is 5. The fraction of sp³-hybridized carbons (Fsp3) is 0.643. The van der Waals surface area contributed by atoms with Gasteiger partial charge in [0.15, 0.2) is 0 Å². The van der Waals surface area contributed by atoms with E-state index in [0.29, 0.717) is 19.5 Å². The Hall–Kier alpha value is -1.85. The van der Waals surface area contributed by atoms with E-state index in [4.69, 9.17) is 0 Å². The van der Waals surface area contributed by atoms with E-state index in [1.54, 1.807) is 0 Å². The second kappa shape index (κ2) is 7.67. The molecule has 0 unspecified atom stereocenters. The summed E-state index contributed by atoms with van der Waals surface area (Å²) in [5, 5.41) is 9.07. The molecule has 6 heteroatoms. The molecule has 0 saturated heterocycles. The maximum atomic E-state index is 11.4. The van der Waals surface area contributed by atoms with Gasteiger partial charge in [-0.1, -0.05) is 13.8 Å². The summed E-state index contributed by atoms with van der Waals surface area (Å²) in [5.41, 5.74) is 0.966. The van der Waals surface area contributed by atoms with Crippen molar-refractivity contribution in [2.75, 3.05) is 30.8 Å². The Kier molecular flexibility index (Phi) is 6.21. The van der Waals surface area contributed by atoms with Gasteiger partial charge in [0.25, 0.3) is 0 Å². The highest BCUT2D eigenvalue weighted by Crippen LogP contribution is 2.22. The number of nitrogens with one attached hydrogen (secondary N) is 3. The van der Waals surface area contributed by atoms with E-state index in [-0.39, 0.29) is 11.8 Å². The average Bonchev–Trinajstić information content (AvgIpc) is 2.40. The minimum absolute atomic E-state index is 0.0460. The molecule has 6 nitrogen and oxygen atoms in total. The molecule has 1 amide bonds. The van der Waals surface area contributed by atoms with Crippen LogP contribution in [0.15, 0.2) is 0 Å². The molecular weight excluding hydrogens is 254 g/mol. The fourth-order valence-corrected chi connectivity index (χ4v) is 1.79. The van der Waals surface area contributed by atoms with Gasteiger partial charge in [0, 0.05) is 38.0 Å². The highest BCUT2D eigenvalue weighted by molar-refractivity contribution is 5.76. The largest absolute Gasteiger partial charge is 0.373 e. The molecule has 1 aromatic heterocycles. The molecule has 0 fully saturated rings. The van der Waals surface area contributed by atoms with E-state index in [1.165, 1.54) is 0 Å². The zero-order valence-electron chi connectivity index (χ0n) is 13.0. The van der Waals surface area contributed by atoms with Gasteiger partial charge >= 0.3 is 0 Å². The van der Waals surface area contributed by atoms with Gasteiger partial charge in [-0.15, -0.1) is 0 Å². The lowest BCUT2D eigenvalue weighted by molar-refractivity contribution is -0.120. The lowest BCUT2D eigenvalue weighted by Crippen LogP contribution is -2.25. The second-order valence-corrected chi connectivity index (χ2v) is 4.94. The van der Waals surface area contributed by atoms with Crippen LogP contribution in [-0.4, -0.2) is 36.0 Å². The number of anilines is 2. The first-order valence-corrected chi connectivity index (χ1v) is 7.06. The van der Waals surface area contributed by atoms with Gasteiger partial charge in [0.2, 0.25) is 5.91 Å². The molecule has 1 aromatic rings. The number of carbonyl (C=O) groups excluding carboxylic acids is 1. The average molecular weight is 279 g/mol. The summed E-state index contributed by atoms with van der Waals surface area (Å²) in [6.07, 6.45) is 0.434. The standard InChI is InChI=1S/C14H25N5O/c1-6-16-11(20)7-8-17-14-10(4)13(15-5)18-12(19-14)9(2)3/h9H,6-8H2,1-5H3,(H,16,20)(H2,15,17,18,19). The highest BCUT2D eigenvalue weighted by atomic mass is 16.1.